The molecule has 3 aliphatic rings. The number of ether oxygens (including phenoxy) is 2. The number of aliphatic hydroxyl groups excluding tert-OH is 1. The molecule has 5 unspecified atom stereocenters. The van der Waals surface area contributed by atoms with Crippen LogP contribution in [0.25, 0.3) is 0 Å². The number of hydrogen-bond acceptors (Lipinski definition) is 6. The first-order valence-electron chi connectivity index (χ1n) is 12.9. The minimum atomic E-state index is -2.70. The van der Waals surface area contributed by atoms with E-state index in [4.69, 9.17) is 21.1 Å². The number of aromatic nitrogens is 1. The van der Waals surface area contributed by atoms with E-state index in [9.17, 15) is 19.0 Å². The Hall–Kier alpha value is -2.30. The quantitative estimate of drug-likeness (QED) is 0.368. The molecule has 3 aromatic rings. The van der Waals surface area contributed by atoms with Gasteiger partial charge < -0.3 is 24.6 Å². The van der Waals surface area contributed by atoms with E-state index in [2.05, 4.69) is 20.9 Å². The second kappa shape index (κ2) is 9.66. The molecule has 1 aliphatic carbocycles. The number of nitrogens with zero attached hydrogens (tertiary/aromatic N) is 2. The van der Waals surface area contributed by atoms with Crippen molar-refractivity contribution in [3.05, 3.63) is 87.0 Å². The first-order valence-corrected chi connectivity index (χ1v) is 14.0. The van der Waals surface area contributed by atoms with E-state index in [0.29, 0.717) is 12.1 Å². The van der Waals surface area contributed by atoms with Crippen LogP contribution in [0, 0.1) is 5.92 Å². The zero-order chi connectivity index (χ0) is 27.6. The highest BCUT2D eigenvalue weighted by molar-refractivity contribution is 9.10. The van der Waals surface area contributed by atoms with Crippen LogP contribution in [-0.2, 0) is 11.2 Å². The molecule has 2 N–H and O–H groups in total. The van der Waals surface area contributed by atoms with Crippen molar-refractivity contribution in [2.24, 2.45) is 5.92 Å². The van der Waals surface area contributed by atoms with Crippen LogP contribution in [0.1, 0.15) is 35.4 Å². The lowest BCUT2D eigenvalue weighted by atomic mass is 9.71. The Morgan fingerprint density at radius 3 is 2.44 bits per heavy atom. The van der Waals surface area contributed by atoms with Crippen LogP contribution in [0.4, 0.5) is 8.78 Å². The lowest BCUT2D eigenvalue weighted by Gasteiger charge is -2.41. The largest absolute Gasteiger partial charge is 0.481 e. The maximum absolute atomic E-state index is 14.0. The number of halogens is 4. The molecule has 2 aliphatic heterocycles. The van der Waals surface area contributed by atoms with Crippen LogP contribution >= 0.6 is 27.5 Å². The summed E-state index contributed by atoms with van der Waals surface area (Å²) in [5.41, 5.74) is -1.79. The average Bonchev–Trinajstić information content (AvgIpc) is 3.28. The predicted molar refractivity (Wildman–Crippen MR) is 145 cm³/mol. The minimum Gasteiger partial charge on any atom is -0.481 e. The molecule has 1 saturated heterocycles. The second-order valence-electron chi connectivity index (χ2n) is 10.6. The molecule has 0 spiro atoms. The highest BCUT2D eigenvalue weighted by Gasteiger charge is 2.77. The summed E-state index contributed by atoms with van der Waals surface area (Å²) in [6.45, 7) is 0.679. The molecule has 0 amide bonds. The molecule has 0 bridgehead atoms. The SMILES string of the molecule is COc1nc(Cl)cc2c1C1(O)C(O)C(CN3CCC(F)(F)CC3)C(c3ccccc3)C1(c1ccc(Br)cc1)O2. The van der Waals surface area contributed by atoms with Gasteiger partial charge in [-0.25, -0.2) is 13.8 Å². The Kier molecular flexibility index (Phi) is 6.66. The molecule has 6 rings (SSSR count). The average molecular weight is 622 g/mol. The van der Waals surface area contributed by atoms with Crippen LogP contribution in [0.5, 0.6) is 11.6 Å². The standard InChI is InChI=1S/C29H28BrClF2N2O4/c1-38-26-24-21(15-22(31)34-26)39-29(18-7-9-19(30)10-8-18)23(17-5-3-2-4-6-17)20(25(36)28(24,29)37)16-35-13-11-27(32,33)12-14-35/h2-10,15,20,23,25,36-37H,11-14,16H2,1H3. The number of rotatable bonds is 5. The predicted octanol–water partition coefficient (Wildman–Crippen LogP) is 5.49. The van der Waals surface area contributed by atoms with Gasteiger partial charge in [-0.2, -0.15) is 0 Å². The number of hydrogen-bond donors (Lipinski definition) is 2. The maximum atomic E-state index is 14.0. The van der Waals surface area contributed by atoms with Gasteiger partial charge in [-0.15, -0.1) is 0 Å². The molecule has 206 valence electrons. The third-order valence-electron chi connectivity index (χ3n) is 8.52. The molecule has 6 nitrogen and oxygen atoms in total. The van der Waals surface area contributed by atoms with Gasteiger partial charge in [0.15, 0.2) is 11.2 Å². The second-order valence-corrected chi connectivity index (χ2v) is 11.9. The number of aliphatic hydroxyl groups is 2. The number of pyridine rings is 1. The van der Waals surface area contributed by atoms with Crippen molar-refractivity contribution >= 4 is 27.5 Å². The van der Waals surface area contributed by atoms with Crippen molar-refractivity contribution in [2.45, 2.75) is 42.0 Å². The van der Waals surface area contributed by atoms with Gasteiger partial charge in [-0.1, -0.05) is 70.0 Å². The number of alkyl halides is 2. The highest BCUT2D eigenvalue weighted by atomic mass is 79.9. The van der Waals surface area contributed by atoms with E-state index in [1.54, 1.807) is 0 Å². The Balaban J connectivity index is 1.58. The fourth-order valence-corrected chi connectivity index (χ4v) is 7.25. The summed E-state index contributed by atoms with van der Waals surface area (Å²) < 4.78 is 41.2. The molecular weight excluding hydrogens is 594 g/mol. The highest BCUT2D eigenvalue weighted by Crippen LogP contribution is 2.69. The van der Waals surface area contributed by atoms with E-state index in [1.807, 2.05) is 59.5 Å². The van der Waals surface area contributed by atoms with Crippen LogP contribution in [-0.4, -0.2) is 58.9 Å². The van der Waals surface area contributed by atoms with Gasteiger partial charge in [0.1, 0.15) is 10.9 Å². The monoisotopic (exact) mass is 620 g/mol. The number of piperidine rings is 1. The van der Waals surface area contributed by atoms with Crippen LogP contribution < -0.4 is 9.47 Å². The van der Waals surface area contributed by atoms with Gasteiger partial charge in [-0.3, -0.25) is 0 Å². The van der Waals surface area contributed by atoms with Crippen LogP contribution in [0.15, 0.2) is 65.1 Å². The maximum Gasteiger partial charge on any atom is 0.250 e. The van der Waals surface area contributed by atoms with Gasteiger partial charge in [0.2, 0.25) is 5.88 Å². The molecule has 5 atom stereocenters. The Bertz CT molecular complexity index is 1370. The Morgan fingerprint density at radius 1 is 1.13 bits per heavy atom. The third kappa shape index (κ3) is 4.08. The molecule has 1 saturated carbocycles. The number of methoxy groups -OCH3 is 1. The molecule has 1 aromatic heterocycles. The molecule has 39 heavy (non-hydrogen) atoms. The van der Waals surface area contributed by atoms with Gasteiger partial charge in [-0.05, 0) is 23.3 Å². The first-order chi connectivity index (χ1) is 18.6. The van der Waals surface area contributed by atoms with Crippen molar-refractivity contribution in [3.8, 4) is 11.6 Å². The zero-order valence-corrected chi connectivity index (χ0v) is 23.5. The summed E-state index contributed by atoms with van der Waals surface area (Å²) in [6, 6.07) is 18.5. The summed E-state index contributed by atoms with van der Waals surface area (Å²) in [7, 11) is 1.42. The lowest BCUT2D eigenvalue weighted by molar-refractivity contribution is -0.152. The van der Waals surface area contributed by atoms with Gasteiger partial charge in [0.05, 0.1) is 18.8 Å². The van der Waals surface area contributed by atoms with Crippen LogP contribution in [0.2, 0.25) is 5.15 Å². The summed E-state index contributed by atoms with van der Waals surface area (Å²) >= 11 is 9.79. The fourth-order valence-electron chi connectivity index (χ4n) is 6.81. The first kappa shape index (κ1) is 26.9. The van der Waals surface area contributed by atoms with Gasteiger partial charge in [0.25, 0.3) is 5.92 Å². The molecule has 2 fully saturated rings. The van der Waals surface area contributed by atoms with Crippen molar-refractivity contribution < 1.29 is 28.5 Å². The van der Waals surface area contributed by atoms with Crippen LogP contribution in [0.3, 0.4) is 0 Å². The number of likely N-dealkylation sites (tertiary alicyclic amines) is 1. The number of benzene rings is 2. The summed E-state index contributed by atoms with van der Waals surface area (Å²) in [6.07, 6.45) is -1.85. The summed E-state index contributed by atoms with van der Waals surface area (Å²) in [4.78, 5) is 6.23. The van der Waals surface area contributed by atoms with E-state index in [-0.39, 0.29) is 48.3 Å². The van der Waals surface area contributed by atoms with E-state index in [1.165, 1.54) is 13.2 Å². The van der Waals surface area contributed by atoms with E-state index >= 15 is 0 Å². The summed E-state index contributed by atoms with van der Waals surface area (Å²) in [5.74, 6) is -3.52. The molecule has 10 heteroatoms. The normalized spacial score (nSPS) is 31.4. The fraction of sp³-hybridized carbons (Fsp3) is 0.414. The van der Waals surface area contributed by atoms with Crippen molar-refractivity contribution in [2.75, 3.05) is 26.7 Å². The van der Waals surface area contributed by atoms with E-state index < -0.39 is 35.1 Å². The third-order valence-corrected chi connectivity index (χ3v) is 9.24. The molecular formula is C29H28BrClF2N2O4. The Labute approximate surface area is 238 Å². The number of fused-ring (bicyclic) bond motifs is 3. The molecule has 0 radical (unpaired) electrons. The van der Waals surface area contributed by atoms with Crippen molar-refractivity contribution in [1.29, 1.82) is 0 Å². The zero-order valence-electron chi connectivity index (χ0n) is 21.2. The summed E-state index contributed by atoms with van der Waals surface area (Å²) in [5, 5.41) is 25.1. The van der Waals surface area contributed by atoms with Crippen molar-refractivity contribution in [1.82, 2.24) is 9.88 Å². The minimum absolute atomic E-state index is 0.0584. The molecule has 2 aromatic carbocycles. The smallest absolute Gasteiger partial charge is 0.250 e. The topological polar surface area (TPSA) is 75.0 Å². The van der Waals surface area contributed by atoms with Gasteiger partial charge in [0, 0.05) is 54.9 Å². The van der Waals surface area contributed by atoms with E-state index in [0.717, 1.165) is 10.0 Å². The Morgan fingerprint density at radius 2 is 1.79 bits per heavy atom. The molecule has 3 heterocycles. The van der Waals surface area contributed by atoms with Crippen molar-refractivity contribution in [3.63, 3.8) is 0 Å². The van der Waals surface area contributed by atoms with Gasteiger partial charge >= 0.3 is 0 Å². The lowest BCUT2D eigenvalue weighted by Crippen LogP contribution is -2.52.